The van der Waals surface area contributed by atoms with Gasteiger partial charge in [0.25, 0.3) is 0 Å². The van der Waals surface area contributed by atoms with Gasteiger partial charge in [0.1, 0.15) is 6.61 Å². The Hall–Kier alpha value is -3.23. The van der Waals surface area contributed by atoms with Gasteiger partial charge in [0.05, 0.1) is 29.2 Å². The summed E-state index contributed by atoms with van der Waals surface area (Å²) in [6.07, 6.45) is 3.45. The van der Waals surface area contributed by atoms with Crippen molar-refractivity contribution in [1.29, 1.82) is 0 Å². The largest absolute Gasteiger partial charge is 0.493 e. The number of thiazole rings is 1. The lowest BCUT2D eigenvalue weighted by molar-refractivity contribution is 0.279. The molecular formula is C23H19BrN4O2S. The van der Waals surface area contributed by atoms with E-state index in [0.717, 1.165) is 32.1 Å². The third-order valence-corrected chi connectivity index (χ3v) is 5.63. The van der Waals surface area contributed by atoms with Gasteiger partial charge in [0, 0.05) is 17.1 Å². The van der Waals surface area contributed by atoms with Crippen LogP contribution in [-0.4, -0.2) is 23.3 Å². The Morgan fingerprint density at radius 3 is 2.74 bits per heavy atom. The van der Waals surface area contributed by atoms with Crippen LogP contribution < -0.4 is 14.9 Å². The number of anilines is 1. The maximum absolute atomic E-state index is 5.92. The summed E-state index contributed by atoms with van der Waals surface area (Å²) in [6, 6.07) is 19.5. The molecule has 0 aliphatic carbocycles. The van der Waals surface area contributed by atoms with Gasteiger partial charge >= 0.3 is 0 Å². The Bertz CT molecular complexity index is 1170. The van der Waals surface area contributed by atoms with Crippen molar-refractivity contribution >= 4 is 38.6 Å². The average molecular weight is 495 g/mol. The second-order valence-electron chi connectivity index (χ2n) is 6.42. The van der Waals surface area contributed by atoms with Crippen molar-refractivity contribution < 1.29 is 9.47 Å². The quantitative estimate of drug-likeness (QED) is 0.240. The predicted octanol–water partition coefficient (Wildman–Crippen LogP) is 6.00. The monoisotopic (exact) mass is 494 g/mol. The normalized spacial score (nSPS) is 10.9. The zero-order valence-corrected chi connectivity index (χ0v) is 19.1. The van der Waals surface area contributed by atoms with E-state index in [9.17, 15) is 0 Å². The Labute approximate surface area is 192 Å². The smallest absolute Gasteiger partial charge is 0.203 e. The van der Waals surface area contributed by atoms with E-state index in [2.05, 4.69) is 36.4 Å². The van der Waals surface area contributed by atoms with E-state index in [-0.39, 0.29) is 0 Å². The molecule has 0 saturated heterocycles. The first-order valence-corrected chi connectivity index (χ1v) is 11.1. The molecule has 1 N–H and O–H groups in total. The second kappa shape index (κ2) is 10.2. The Morgan fingerprint density at radius 2 is 1.97 bits per heavy atom. The van der Waals surface area contributed by atoms with Crippen LogP contribution >= 0.6 is 27.3 Å². The summed E-state index contributed by atoms with van der Waals surface area (Å²) in [4.78, 5) is 8.84. The minimum Gasteiger partial charge on any atom is -0.493 e. The van der Waals surface area contributed by atoms with Crippen molar-refractivity contribution in [3.05, 3.63) is 88.0 Å². The van der Waals surface area contributed by atoms with Gasteiger partial charge in [-0.1, -0.05) is 36.4 Å². The molecule has 156 valence electrons. The summed E-state index contributed by atoms with van der Waals surface area (Å²) >= 11 is 5.06. The highest BCUT2D eigenvalue weighted by atomic mass is 79.9. The minimum atomic E-state index is 0.346. The molecule has 0 bridgehead atoms. The van der Waals surface area contributed by atoms with Crippen LogP contribution in [0.4, 0.5) is 5.13 Å². The van der Waals surface area contributed by atoms with Crippen molar-refractivity contribution in [2.75, 3.05) is 12.5 Å². The van der Waals surface area contributed by atoms with Crippen molar-refractivity contribution in [2.45, 2.75) is 6.61 Å². The van der Waals surface area contributed by atoms with Crippen molar-refractivity contribution in [2.24, 2.45) is 5.10 Å². The maximum atomic E-state index is 5.92. The summed E-state index contributed by atoms with van der Waals surface area (Å²) < 4.78 is 12.2. The molecule has 0 spiro atoms. The number of hydrogen-bond donors (Lipinski definition) is 1. The Balaban J connectivity index is 1.43. The van der Waals surface area contributed by atoms with E-state index in [1.54, 1.807) is 19.5 Å². The topological polar surface area (TPSA) is 68.6 Å². The van der Waals surface area contributed by atoms with Gasteiger partial charge in [0.15, 0.2) is 11.5 Å². The second-order valence-corrected chi connectivity index (χ2v) is 8.13. The Kier molecular flexibility index (Phi) is 6.91. The van der Waals surface area contributed by atoms with Gasteiger partial charge in [0.2, 0.25) is 5.13 Å². The molecule has 0 radical (unpaired) electrons. The van der Waals surface area contributed by atoms with Gasteiger partial charge in [-0.3, -0.25) is 10.4 Å². The van der Waals surface area contributed by atoms with E-state index in [0.29, 0.717) is 18.1 Å². The number of nitrogens with one attached hydrogen (secondary N) is 1. The minimum absolute atomic E-state index is 0.346. The average Bonchev–Trinajstić information content (AvgIpc) is 3.28. The van der Waals surface area contributed by atoms with Crippen molar-refractivity contribution in [3.63, 3.8) is 0 Å². The van der Waals surface area contributed by atoms with E-state index < -0.39 is 0 Å². The number of aromatic nitrogens is 2. The SMILES string of the molecule is COc1cc(C=NNc2nc(-c3ccccc3)cs2)cc(Br)c1OCc1ccccn1. The van der Waals surface area contributed by atoms with Crippen LogP contribution in [-0.2, 0) is 6.61 Å². The number of hydrazone groups is 1. The molecule has 0 aliphatic rings. The van der Waals surface area contributed by atoms with Gasteiger partial charge in [-0.25, -0.2) is 4.98 Å². The Morgan fingerprint density at radius 1 is 1.13 bits per heavy atom. The number of nitrogens with zero attached hydrogens (tertiary/aromatic N) is 3. The zero-order chi connectivity index (χ0) is 21.5. The third-order valence-electron chi connectivity index (χ3n) is 4.29. The molecule has 8 heteroatoms. The van der Waals surface area contributed by atoms with Crippen LogP contribution in [0.5, 0.6) is 11.5 Å². The lowest BCUT2D eigenvalue weighted by atomic mass is 10.2. The molecule has 2 aromatic carbocycles. The fourth-order valence-electron chi connectivity index (χ4n) is 2.81. The van der Waals surface area contributed by atoms with E-state index in [1.165, 1.54) is 11.3 Å². The van der Waals surface area contributed by atoms with Crippen LogP contribution in [0, 0.1) is 0 Å². The van der Waals surface area contributed by atoms with Gasteiger partial charge < -0.3 is 9.47 Å². The number of halogens is 1. The number of benzene rings is 2. The molecule has 0 saturated carbocycles. The molecule has 2 aromatic heterocycles. The first-order chi connectivity index (χ1) is 15.2. The molecule has 4 aromatic rings. The van der Waals surface area contributed by atoms with Crippen molar-refractivity contribution in [3.8, 4) is 22.8 Å². The molecule has 0 aliphatic heterocycles. The van der Waals surface area contributed by atoms with Crippen LogP contribution in [0.2, 0.25) is 0 Å². The van der Waals surface area contributed by atoms with Crippen LogP contribution in [0.1, 0.15) is 11.3 Å². The molecule has 0 fully saturated rings. The summed E-state index contributed by atoms with van der Waals surface area (Å²) in [5, 5.41) is 7.02. The maximum Gasteiger partial charge on any atom is 0.203 e. The first-order valence-electron chi connectivity index (χ1n) is 9.43. The summed E-state index contributed by atoms with van der Waals surface area (Å²) in [6.45, 7) is 0.346. The molecule has 31 heavy (non-hydrogen) atoms. The number of pyridine rings is 1. The lowest BCUT2D eigenvalue weighted by Crippen LogP contribution is -2.01. The van der Waals surface area contributed by atoms with E-state index in [1.807, 2.05) is 66.0 Å². The summed E-state index contributed by atoms with van der Waals surface area (Å²) in [5.41, 5.74) is 6.66. The lowest BCUT2D eigenvalue weighted by Gasteiger charge is -2.13. The van der Waals surface area contributed by atoms with Gasteiger partial charge in [-0.2, -0.15) is 5.10 Å². The van der Waals surface area contributed by atoms with E-state index >= 15 is 0 Å². The zero-order valence-electron chi connectivity index (χ0n) is 16.7. The molecular weight excluding hydrogens is 476 g/mol. The van der Waals surface area contributed by atoms with Gasteiger partial charge in [-0.05, 0) is 45.8 Å². The fraction of sp³-hybridized carbons (Fsp3) is 0.0870. The number of methoxy groups -OCH3 is 1. The molecule has 0 atom stereocenters. The molecule has 0 unspecified atom stereocenters. The van der Waals surface area contributed by atoms with Gasteiger partial charge in [-0.15, -0.1) is 11.3 Å². The molecule has 0 amide bonds. The molecule has 6 nitrogen and oxygen atoms in total. The summed E-state index contributed by atoms with van der Waals surface area (Å²) in [5.74, 6) is 1.22. The van der Waals surface area contributed by atoms with Crippen molar-refractivity contribution in [1.82, 2.24) is 9.97 Å². The highest BCUT2D eigenvalue weighted by Gasteiger charge is 2.12. The third kappa shape index (κ3) is 5.48. The number of hydrogen-bond acceptors (Lipinski definition) is 7. The van der Waals surface area contributed by atoms with Crippen LogP contribution in [0.15, 0.2) is 81.8 Å². The number of rotatable bonds is 8. The van der Waals surface area contributed by atoms with Crippen LogP contribution in [0.25, 0.3) is 11.3 Å². The first kappa shape index (κ1) is 21.0. The fourth-order valence-corrected chi connectivity index (χ4v) is 4.06. The highest BCUT2D eigenvalue weighted by molar-refractivity contribution is 9.10. The summed E-state index contributed by atoms with van der Waals surface area (Å²) in [7, 11) is 1.61. The standard InChI is InChI=1S/C23H19BrN4O2S/c1-29-21-12-16(11-19(24)22(21)30-14-18-9-5-6-10-25-18)13-26-28-23-27-20(15-31-23)17-7-3-2-4-8-17/h2-13,15H,14H2,1H3,(H,27,28). The number of ether oxygens (including phenoxy) is 2. The van der Waals surface area contributed by atoms with Crippen LogP contribution in [0.3, 0.4) is 0 Å². The molecule has 2 heterocycles. The predicted molar refractivity (Wildman–Crippen MR) is 128 cm³/mol. The highest BCUT2D eigenvalue weighted by Crippen LogP contribution is 2.36. The molecule has 4 rings (SSSR count). The van der Waals surface area contributed by atoms with E-state index in [4.69, 9.17) is 9.47 Å².